The zero-order valence-corrected chi connectivity index (χ0v) is 15.4. The molecule has 4 rings (SSSR count). The van der Waals surface area contributed by atoms with Gasteiger partial charge in [-0.3, -0.25) is 24.6 Å². The van der Waals surface area contributed by atoms with E-state index in [0.29, 0.717) is 28.1 Å². The fourth-order valence-electron chi connectivity index (χ4n) is 3.67. The number of aliphatic hydroxyl groups is 1. The number of amides is 3. The SMILES string of the molecule is Nc1ccc(F)c(CNc2cccc3c2CN(C2(O)CCC(=O)NC2=O)C3=O)c1. The second-order valence-corrected chi connectivity index (χ2v) is 7.12. The lowest BCUT2D eigenvalue weighted by molar-refractivity contribution is -0.167. The van der Waals surface area contributed by atoms with Crippen LogP contribution >= 0.6 is 0 Å². The number of anilines is 2. The molecule has 1 unspecified atom stereocenters. The number of fused-ring (bicyclic) bond motifs is 1. The van der Waals surface area contributed by atoms with Crippen LogP contribution < -0.4 is 16.4 Å². The quantitative estimate of drug-likeness (QED) is 0.452. The number of imide groups is 1. The van der Waals surface area contributed by atoms with Crippen molar-refractivity contribution in [1.82, 2.24) is 10.2 Å². The highest BCUT2D eigenvalue weighted by molar-refractivity contribution is 6.07. The van der Waals surface area contributed by atoms with Gasteiger partial charge in [0.25, 0.3) is 11.8 Å². The molecule has 0 aromatic heterocycles. The average molecular weight is 398 g/mol. The van der Waals surface area contributed by atoms with Crippen LogP contribution in [0.25, 0.3) is 0 Å². The molecule has 0 aliphatic carbocycles. The first-order chi connectivity index (χ1) is 13.8. The molecule has 0 radical (unpaired) electrons. The highest BCUT2D eigenvalue weighted by atomic mass is 19.1. The largest absolute Gasteiger partial charge is 0.399 e. The Bertz CT molecular complexity index is 1040. The molecule has 150 valence electrons. The van der Waals surface area contributed by atoms with Crippen LogP contribution in [0.15, 0.2) is 36.4 Å². The van der Waals surface area contributed by atoms with Gasteiger partial charge in [-0.15, -0.1) is 0 Å². The molecule has 8 nitrogen and oxygen atoms in total. The molecule has 0 bridgehead atoms. The Kier molecular flexibility index (Phi) is 4.46. The Morgan fingerprint density at radius 2 is 2.03 bits per heavy atom. The van der Waals surface area contributed by atoms with Crippen LogP contribution in [0.1, 0.15) is 34.3 Å². The second-order valence-electron chi connectivity index (χ2n) is 7.12. The average Bonchev–Trinajstić information content (AvgIpc) is 3.04. The predicted molar refractivity (Wildman–Crippen MR) is 102 cm³/mol. The molecule has 1 fully saturated rings. The Morgan fingerprint density at radius 3 is 2.79 bits per heavy atom. The maximum atomic E-state index is 14.0. The van der Waals surface area contributed by atoms with Crippen molar-refractivity contribution in [1.29, 1.82) is 0 Å². The minimum atomic E-state index is -2.10. The van der Waals surface area contributed by atoms with Gasteiger partial charge in [-0.05, 0) is 30.3 Å². The second kappa shape index (κ2) is 6.85. The van der Waals surface area contributed by atoms with Crippen molar-refractivity contribution >= 4 is 29.1 Å². The predicted octanol–water partition coefficient (Wildman–Crippen LogP) is 1.10. The fourth-order valence-corrected chi connectivity index (χ4v) is 3.67. The number of nitrogens with zero attached hydrogens (tertiary/aromatic N) is 1. The normalized spacial score (nSPS) is 21.2. The number of carbonyl (C=O) groups excluding carboxylic acids is 3. The van der Waals surface area contributed by atoms with E-state index in [9.17, 15) is 23.9 Å². The lowest BCUT2D eigenvalue weighted by Crippen LogP contribution is -2.63. The van der Waals surface area contributed by atoms with Gasteiger partial charge in [0.15, 0.2) is 0 Å². The summed E-state index contributed by atoms with van der Waals surface area (Å²) in [4.78, 5) is 37.5. The zero-order chi connectivity index (χ0) is 20.8. The third-order valence-electron chi connectivity index (χ3n) is 5.27. The molecule has 2 aromatic carbocycles. The standard InChI is InChI=1S/C20H19FN4O4/c21-15-5-4-12(22)8-11(15)9-23-16-3-1-2-13-14(16)10-25(18(13)27)20(29)7-6-17(26)24-19(20)28/h1-5,8,23,29H,6-7,9-10,22H2,(H,24,26,28). The molecule has 0 spiro atoms. The molecule has 2 aliphatic heterocycles. The maximum Gasteiger partial charge on any atom is 0.279 e. The zero-order valence-electron chi connectivity index (χ0n) is 15.4. The molecule has 2 aromatic rings. The molecule has 9 heteroatoms. The van der Waals surface area contributed by atoms with Crippen LogP contribution in [0.3, 0.4) is 0 Å². The van der Waals surface area contributed by atoms with Crippen LogP contribution in [-0.2, 0) is 22.7 Å². The summed E-state index contributed by atoms with van der Waals surface area (Å²) in [6.45, 7) is 0.121. The number of hydrogen-bond donors (Lipinski definition) is 4. The van der Waals surface area contributed by atoms with Crippen LogP contribution in [0, 0.1) is 5.82 Å². The smallest absolute Gasteiger partial charge is 0.279 e. The van der Waals surface area contributed by atoms with E-state index in [1.165, 1.54) is 18.2 Å². The van der Waals surface area contributed by atoms with E-state index in [2.05, 4.69) is 10.6 Å². The van der Waals surface area contributed by atoms with Crippen molar-refractivity contribution in [3.8, 4) is 0 Å². The van der Waals surface area contributed by atoms with Crippen molar-refractivity contribution in [2.75, 3.05) is 11.1 Å². The molecule has 5 N–H and O–H groups in total. The molecule has 29 heavy (non-hydrogen) atoms. The Hall–Kier alpha value is -3.46. The lowest BCUT2D eigenvalue weighted by atomic mass is 10.00. The van der Waals surface area contributed by atoms with Gasteiger partial charge in [-0.1, -0.05) is 6.07 Å². The molecular weight excluding hydrogens is 379 g/mol. The van der Waals surface area contributed by atoms with E-state index in [0.717, 1.165) is 4.90 Å². The number of nitrogens with two attached hydrogens (primary N) is 1. The lowest BCUT2D eigenvalue weighted by Gasteiger charge is -2.37. The number of rotatable bonds is 4. The van der Waals surface area contributed by atoms with E-state index in [-0.39, 0.29) is 25.9 Å². The number of hydrogen-bond acceptors (Lipinski definition) is 6. The van der Waals surface area contributed by atoms with Crippen molar-refractivity contribution in [3.63, 3.8) is 0 Å². The summed E-state index contributed by atoms with van der Waals surface area (Å²) >= 11 is 0. The van der Waals surface area contributed by atoms with Crippen LogP contribution in [0.2, 0.25) is 0 Å². The fraction of sp³-hybridized carbons (Fsp3) is 0.250. The summed E-state index contributed by atoms with van der Waals surface area (Å²) < 4.78 is 14.0. The summed E-state index contributed by atoms with van der Waals surface area (Å²) in [5.74, 6) is -2.32. The number of carbonyl (C=O) groups is 3. The Balaban J connectivity index is 1.59. The van der Waals surface area contributed by atoms with Gasteiger partial charge in [-0.2, -0.15) is 0 Å². The Morgan fingerprint density at radius 1 is 1.24 bits per heavy atom. The number of piperidine rings is 1. The highest BCUT2D eigenvalue weighted by Crippen LogP contribution is 2.36. The van der Waals surface area contributed by atoms with E-state index in [1.54, 1.807) is 18.2 Å². The third-order valence-corrected chi connectivity index (χ3v) is 5.27. The summed E-state index contributed by atoms with van der Waals surface area (Å²) in [6, 6.07) is 9.26. The molecule has 1 saturated heterocycles. The molecule has 2 heterocycles. The Labute approximate surface area is 165 Å². The van der Waals surface area contributed by atoms with E-state index >= 15 is 0 Å². The summed E-state index contributed by atoms with van der Waals surface area (Å²) in [5, 5.41) is 16.0. The van der Waals surface area contributed by atoms with Gasteiger partial charge in [-0.25, -0.2) is 4.39 Å². The summed E-state index contributed by atoms with van der Waals surface area (Å²) in [7, 11) is 0. The number of benzene rings is 2. The monoisotopic (exact) mass is 398 g/mol. The molecule has 3 amide bonds. The molecule has 1 atom stereocenters. The van der Waals surface area contributed by atoms with Gasteiger partial charge in [0.05, 0.1) is 6.54 Å². The molecule has 2 aliphatic rings. The van der Waals surface area contributed by atoms with E-state index < -0.39 is 29.3 Å². The first-order valence-electron chi connectivity index (χ1n) is 9.08. The summed E-state index contributed by atoms with van der Waals surface area (Å²) in [6.07, 6.45) is -0.239. The minimum absolute atomic E-state index is 0.0190. The van der Waals surface area contributed by atoms with Crippen molar-refractivity contribution < 1.29 is 23.9 Å². The van der Waals surface area contributed by atoms with E-state index in [4.69, 9.17) is 5.73 Å². The van der Waals surface area contributed by atoms with Crippen molar-refractivity contribution in [3.05, 3.63) is 58.9 Å². The topological polar surface area (TPSA) is 125 Å². The van der Waals surface area contributed by atoms with E-state index in [1.807, 2.05) is 0 Å². The maximum absolute atomic E-state index is 14.0. The molecule has 0 saturated carbocycles. The number of nitrogen functional groups attached to an aromatic ring is 1. The van der Waals surface area contributed by atoms with Crippen LogP contribution in [-0.4, -0.2) is 33.5 Å². The third kappa shape index (κ3) is 3.19. The highest BCUT2D eigenvalue weighted by Gasteiger charge is 2.51. The van der Waals surface area contributed by atoms with Crippen LogP contribution in [0.5, 0.6) is 0 Å². The van der Waals surface area contributed by atoms with Gasteiger partial charge in [0.2, 0.25) is 11.6 Å². The van der Waals surface area contributed by atoms with Crippen molar-refractivity contribution in [2.45, 2.75) is 31.7 Å². The first kappa shape index (κ1) is 18.9. The van der Waals surface area contributed by atoms with Gasteiger partial charge >= 0.3 is 0 Å². The van der Waals surface area contributed by atoms with Gasteiger partial charge < -0.3 is 16.2 Å². The van der Waals surface area contributed by atoms with Gasteiger partial charge in [0.1, 0.15) is 5.82 Å². The van der Waals surface area contributed by atoms with Crippen molar-refractivity contribution in [2.24, 2.45) is 0 Å². The molecular formula is C20H19FN4O4. The van der Waals surface area contributed by atoms with Gasteiger partial charge in [0, 0.05) is 47.5 Å². The minimum Gasteiger partial charge on any atom is -0.399 e. The number of nitrogens with one attached hydrogen (secondary N) is 2. The first-order valence-corrected chi connectivity index (χ1v) is 9.08. The number of halogens is 1. The summed E-state index contributed by atoms with van der Waals surface area (Å²) in [5.41, 5.74) is 5.91. The van der Waals surface area contributed by atoms with Crippen LogP contribution in [0.4, 0.5) is 15.8 Å².